The van der Waals surface area contributed by atoms with Crippen molar-refractivity contribution in [2.24, 2.45) is 0 Å². The highest BCUT2D eigenvalue weighted by Gasteiger charge is 2.20. The quantitative estimate of drug-likeness (QED) is 0.909. The van der Waals surface area contributed by atoms with E-state index in [1.54, 1.807) is 0 Å². The highest BCUT2D eigenvalue weighted by Crippen LogP contribution is 2.22. The molecule has 0 bridgehead atoms. The van der Waals surface area contributed by atoms with Crippen molar-refractivity contribution in [1.82, 2.24) is 14.9 Å². The summed E-state index contributed by atoms with van der Waals surface area (Å²) in [5, 5.41) is 3.52. The van der Waals surface area contributed by atoms with Gasteiger partial charge in [0.05, 0.1) is 24.8 Å². The average molecular weight is 271 g/mol. The van der Waals surface area contributed by atoms with Crippen LogP contribution in [0.1, 0.15) is 48.4 Å². The Bertz CT molecular complexity index is 595. The third kappa shape index (κ3) is 2.52. The van der Waals surface area contributed by atoms with Crippen molar-refractivity contribution >= 4 is 0 Å². The molecule has 0 spiro atoms. The molecule has 2 heterocycles. The summed E-state index contributed by atoms with van der Waals surface area (Å²) in [7, 11) is 0. The number of hydrogen-bond acceptors (Lipinski definition) is 3. The normalized spacial score (nSPS) is 18.2. The number of aromatic nitrogens is 2. The maximum Gasteiger partial charge on any atom is 0.123 e. The number of furan rings is 1. The van der Waals surface area contributed by atoms with Crippen LogP contribution in [-0.2, 0) is 25.9 Å². The van der Waals surface area contributed by atoms with Gasteiger partial charge in [-0.1, -0.05) is 0 Å². The summed E-state index contributed by atoms with van der Waals surface area (Å²) >= 11 is 0. The van der Waals surface area contributed by atoms with Gasteiger partial charge in [-0.15, -0.1) is 0 Å². The molecular formula is C16H21N3O. The predicted octanol–water partition coefficient (Wildman–Crippen LogP) is 2.66. The van der Waals surface area contributed by atoms with Crippen LogP contribution in [-0.4, -0.2) is 15.6 Å². The van der Waals surface area contributed by atoms with E-state index < -0.39 is 0 Å². The molecule has 20 heavy (non-hydrogen) atoms. The van der Waals surface area contributed by atoms with E-state index >= 15 is 0 Å². The topological polar surface area (TPSA) is 43.0 Å². The molecule has 1 fully saturated rings. The lowest BCUT2D eigenvalue weighted by Gasteiger charge is -2.13. The Morgan fingerprint density at radius 1 is 1.30 bits per heavy atom. The highest BCUT2D eigenvalue weighted by molar-refractivity contribution is 5.19. The smallest absolute Gasteiger partial charge is 0.123 e. The summed E-state index contributed by atoms with van der Waals surface area (Å²) in [6, 6.07) is 2.92. The van der Waals surface area contributed by atoms with Gasteiger partial charge in [-0.05, 0) is 44.6 Å². The van der Waals surface area contributed by atoms with Crippen molar-refractivity contribution in [3.8, 4) is 0 Å². The van der Waals surface area contributed by atoms with E-state index in [1.165, 1.54) is 42.6 Å². The molecule has 1 saturated carbocycles. The van der Waals surface area contributed by atoms with Crippen LogP contribution in [0, 0.1) is 0 Å². The second-order valence-corrected chi connectivity index (χ2v) is 6.05. The fraction of sp³-hybridized carbons (Fsp3) is 0.562. The van der Waals surface area contributed by atoms with Gasteiger partial charge in [-0.25, -0.2) is 4.98 Å². The van der Waals surface area contributed by atoms with Crippen molar-refractivity contribution in [3.05, 3.63) is 41.4 Å². The molecule has 0 atom stereocenters. The Morgan fingerprint density at radius 3 is 3.10 bits per heavy atom. The first-order valence-electron chi connectivity index (χ1n) is 7.71. The van der Waals surface area contributed by atoms with Gasteiger partial charge in [0.25, 0.3) is 0 Å². The van der Waals surface area contributed by atoms with Gasteiger partial charge in [-0.3, -0.25) is 0 Å². The van der Waals surface area contributed by atoms with Gasteiger partial charge < -0.3 is 14.3 Å². The molecule has 0 amide bonds. The number of rotatable bonds is 5. The van der Waals surface area contributed by atoms with Crippen molar-refractivity contribution in [1.29, 1.82) is 0 Å². The van der Waals surface area contributed by atoms with Crippen LogP contribution in [0.2, 0.25) is 0 Å². The van der Waals surface area contributed by atoms with Gasteiger partial charge in [0.2, 0.25) is 0 Å². The van der Waals surface area contributed by atoms with E-state index in [-0.39, 0.29) is 0 Å². The van der Waals surface area contributed by atoms with E-state index in [0.29, 0.717) is 0 Å². The summed E-state index contributed by atoms with van der Waals surface area (Å²) in [4.78, 5) is 4.54. The first kappa shape index (κ1) is 12.2. The van der Waals surface area contributed by atoms with Gasteiger partial charge in [-0.2, -0.15) is 0 Å². The summed E-state index contributed by atoms with van der Waals surface area (Å²) in [5.74, 6) is 1.03. The highest BCUT2D eigenvalue weighted by atomic mass is 16.3. The number of aryl methyl sites for hydroxylation is 1. The van der Waals surface area contributed by atoms with Crippen LogP contribution in [0.3, 0.4) is 0 Å². The zero-order valence-electron chi connectivity index (χ0n) is 11.8. The molecular weight excluding hydrogens is 250 g/mol. The molecule has 4 nitrogen and oxygen atoms in total. The summed E-state index contributed by atoms with van der Waals surface area (Å²) in [6.07, 6.45) is 11.4. The minimum atomic E-state index is 0.744. The number of imidazole rings is 1. The third-order valence-electron chi connectivity index (χ3n) is 4.32. The monoisotopic (exact) mass is 271 g/mol. The van der Waals surface area contributed by atoms with E-state index in [9.17, 15) is 0 Å². The SMILES string of the molecule is c1oc(Cn2cnc3c2CCCC3)cc1CNC1CC1. The summed E-state index contributed by atoms with van der Waals surface area (Å²) < 4.78 is 7.95. The molecule has 0 radical (unpaired) electrons. The van der Waals surface area contributed by atoms with Crippen LogP contribution in [0.4, 0.5) is 0 Å². The predicted molar refractivity (Wildman–Crippen MR) is 76.5 cm³/mol. The summed E-state index contributed by atoms with van der Waals surface area (Å²) in [5.41, 5.74) is 3.95. The maximum atomic E-state index is 5.69. The van der Waals surface area contributed by atoms with Crippen LogP contribution in [0.5, 0.6) is 0 Å². The average Bonchev–Trinajstić information content (AvgIpc) is 3.06. The van der Waals surface area contributed by atoms with E-state index in [4.69, 9.17) is 4.42 Å². The van der Waals surface area contributed by atoms with Crippen LogP contribution < -0.4 is 5.32 Å². The molecule has 0 aliphatic heterocycles. The number of nitrogens with one attached hydrogen (secondary N) is 1. The van der Waals surface area contributed by atoms with Crippen LogP contribution in [0.25, 0.3) is 0 Å². The largest absolute Gasteiger partial charge is 0.467 e. The number of fused-ring (bicyclic) bond motifs is 1. The Morgan fingerprint density at radius 2 is 2.20 bits per heavy atom. The second kappa shape index (κ2) is 5.09. The Balaban J connectivity index is 1.44. The van der Waals surface area contributed by atoms with Gasteiger partial charge in [0, 0.05) is 23.8 Å². The first-order valence-corrected chi connectivity index (χ1v) is 7.71. The number of nitrogens with zero attached hydrogens (tertiary/aromatic N) is 2. The molecule has 4 rings (SSSR count). The minimum Gasteiger partial charge on any atom is -0.467 e. The number of hydrogen-bond donors (Lipinski definition) is 1. The van der Waals surface area contributed by atoms with Gasteiger partial charge in [0.1, 0.15) is 5.76 Å². The molecule has 1 N–H and O–H groups in total. The molecule has 2 aromatic heterocycles. The molecule has 0 unspecified atom stereocenters. The Labute approximate surface area is 119 Å². The molecule has 0 saturated heterocycles. The lowest BCUT2D eigenvalue weighted by Crippen LogP contribution is -2.14. The second-order valence-electron chi connectivity index (χ2n) is 6.05. The fourth-order valence-corrected chi connectivity index (χ4v) is 2.99. The van der Waals surface area contributed by atoms with Crippen molar-refractivity contribution < 1.29 is 4.42 Å². The fourth-order valence-electron chi connectivity index (χ4n) is 2.99. The zero-order valence-corrected chi connectivity index (χ0v) is 11.8. The maximum absolute atomic E-state index is 5.69. The van der Waals surface area contributed by atoms with Crippen molar-refractivity contribution in [2.45, 2.75) is 57.7 Å². The van der Waals surface area contributed by atoms with E-state index in [1.807, 2.05) is 12.6 Å². The first-order chi connectivity index (χ1) is 9.88. The Hall–Kier alpha value is -1.55. The molecule has 106 valence electrons. The van der Waals surface area contributed by atoms with Crippen molar-refractivity contribution in [2.75, 3.05) is 0 Å². The Kier molecular flexibility index (Phi) is 3.11. The molecule has 2 aromatic rings. The molecule has 4 heteroatoms. The van der Waals surface area contributed by atoms with Gasteiger partial charge >= 0.3 is 0 Å². The van der Waals surface area contributed by atoms with E-state index in [2.05, 4.69) is 20.9 Å². The zero-order chi connectivity index (χ0) is 13.4. The standard InChI is InChI=1S/C16H21N3O/c1-2-4-16-15(3-1)18-11-19(16)9-14-7-12(10-20-14)8-17-13-5-6-13/h7,10-11,13,17H,1-6,8-9H2. The van der Waals surface area contributed by atoms with Crippen molar-refractivity contribution in [3.63, 3.8) is 0 Å². The van der Waals surface area contributed by atoms with Gasteiger partial charge in [0.15, 0.2) is 0 Å². The molecule has 0 aromatic carbocycles. The molecule has 2 aliphatic carbocycles. The lowest BCUT2D eigenvalue weighted by molar-refractivity contribution is 0.484. The van der Waals surface area contributed by atoms with Crippen LogP contribution >= 0.6 is 0 Å². The molecule has 2 aliphatic rings. The van der Waals surface area contributed by atoms with Crippen LogP contribution in [0.15, 0.2) is 23.1 Å². The minimum absolute atomic E-state index is 0.744. The lowest BCUT2D eigenvalue weighted by atomic mass is 10.0. The van der Waals surface area contributed by atoms with E-state index in [0.717, 1.165) is 37.7 Å². The summed E-state index contributed by atoms with van der Waals surface area (Å²) in [6.45, 7) is 1.74. The third-order valence-corrected chi connectivity index (χ3v) is 4.32.